The average Bonchev–Trinajstić information content (AvgIpc) is 3.25. The van der Waals surface area contributed by atoms with Crippen molar-refractivity contribution in [1.82, 2.24) is 25.6 Å². The lowest BCUT2D eigenvalue weighted by Gasteiger charge is -2.14. The van der Waals surface area contributed by atoms with E-state index in [2.05, 4.69) is 20.1 Å². The number of nitrogens with one attached hydrogen (secondary N) is 3. The van der Waals surface area contributed by atoms with Crippen LogP contribution in [-0.2, 0) is 10.9 Å². The first-order valence-electron chi connectivity index (χ1n) is 9.15. The maximum Gasteiger partial charge on any atom is 0.435 e. The summed E-state index contributed by atoms with van der Waals surface area (Å²) in [6.07, 6.45) is -4.66. The molecule has 0 saturated carbocycles. The molecule has 2 aromatic heterocycles. The number of methoxy groups -OCH3 is 1. The van der Waals surface area contributed by atoms with E-state index < -0.39 is 35.5 Å². The van der Waals surface area contributed by atoms with Crippen LogP contribution in [0.4, 0.5) is 23.7 Å². The highest BCUT2D eigenvalue weighted by Crippen LogP contribution is 2.33. The minimum absolute atomic E-state index is 0.0131. The number of hydrogen-bond donors (Lipinski definition) is 3. The van der Waals surface area contributed by atoms with E-state index in [9.17, 15) is 27.6 Å². The van der Waals surface area contributed by atoms with Crippen LogP contribution >= 0.6 is 34.8 Å². The minimum atomic E-state index is -4.90. The third kappa shape index (κ3) is 5.93. The molecule has 3 N–H and O–H groups in total. The SMILES string of the molecule is COC(=O)NNC(=O)c1cc(Cl)cc(Cl)c1NC(=O)c1cc(C(F)(F)F)nn1-c1ncccc1Cl. The first kappa shape index (κ1) is 26.1. The Morgan fingerprint density at radius 1 is 1.03 bits per heavy atom. The van der Waals surface area contributed by atoms with Gasteiger partial charge in [0.25, 0.3) is 11.8 Å². The second-order valence-corrected chi connectivity index (χ2v) is 7.72. The zero-order valence-electron chi connectivity index (χ0n) is 17.2. The summed E-state index contributed by atoms with van der Waals surface area (Å²) in [5.41, 5.74) is 1.25. The summed E-state index contributed by atoms with van der Waals surface area (Å²) in [6, 6.07) is 5.53. The summed E-state index contributed by atoms with van der Waals surface area (Å²) in [4.78, 5) is 40.7. The van der Waals surface area contributed by atoms with Crippen LogP contribution in [0.2, 0.25) is 15.1 Å². The Hall–Kier alpha value is -3.55. The monoisotopic (exact) mass is 550 g/mol. The number of benzene rings is 1. The van der Waals surface area contributed by atoms with Gasteiger partial charge < -0.3 is 10.1 Å². The van der Waals surface area contributed by atoms with Crippen molar-refractivity contribution in [2.75, 3.05) is 12.4 Å². The Labute approximate surface area is 209 Å². The van der Waals surface area contributed by atoms with Crippen molar-refractivity contribution in [3.8, 4) is 5.82 Å². The number of pyridine rings is 1. The number of ether oxygens (including phenoxy) is 1. The van der Waals surface area contributed by atoms with Gasteiger partial charge in [-0.15, -0.1) is 0 Å². The molecule has 0 aliphatic heterocycles. The van der Waals surface area contributed by atoms with Crippen molar-refractivity contribution < 1.29 is 32.3 Å². The van der Waals surface area contributed by atoms with Crippen LogP contribution in [-0.4, -0.2) is 39.8 Å². The Balaban J connectivity index is 2.04. The summed E-state index contributed by atoms with van der Waals surface area (Å²) < 4.78 is 45.0. The van der Waals surface area contributed by atoms with E-state index in [1.54, 1.807) is 0 Å². The van der Waals surface area contributed by atoms with Crippen LogP contribution in [0, 0.1) is 0 Å². The van der Waals surface area contributed by atoms with Crippen molar-refractivity contribution in [1.29, 1.82) is 0 Å². The standard InChI is InChI=1S/C19H12Cl3F3N6O4/c1-35-18(34)29-28-16(32)9-5-8(20)6-11(22)14(9)27-17(33)12-7-13(19(23,24)25)30-31(12)15-10(21)3-2-4-26-15/h2-7H,1H3,(H,27,33)(H,28,32)(H,29,34). The number of alkyl halides is 3. The van der Waals surface area contributed by atoms with Crippen LogP contribution in [0.15, 0.2) is 36.5 Å². The average molecular weight is 552 g/mol. The van der Waals surface area contributed by atoms with Crippen LogP contribution in [0.25, 0.3) is 5.82 Å². The van der Waals surface area contributed by atoms with Crippen molar-refractivity contribution in [2.24, 2.45) is 0 Å². The number of aromatic nitrogens is 3. The minimum Gasteiger partial charge on any atom is -0.452 e. The Morgan fingerprint density at radius 3 is 2.37 bits per heavy atom. The summed E-state index contributed by atoms with van der Waals surface area (Å²) >= 11 is 18.1. The molecule has 3 rings (SSSR count). The van der Waals surface area contributed by atoms with Crippen LogP contribution in [0.3, 0.4) is 0 Å². The van der Waals surface area contributed by atoms with Gasteiger partial charge in [-0.25, -0.2) is 19.9 Å². The molecular weight excluding hydrogens is 540 g/mol. The first-order chi connectivity index (χ1) is 16.4. The van der Waals surface area contributed by atoms with E-state index in [-0.39, 0.29) is 32.1 Å². The predicted molar refractivity (Wildman–Crippen MR) is 119 cm³/mol. The summed E-state index contributed by atoms with van der Waals surface area (Å²) in [6.45, 7) is 0. The number of carbonyl (C=O) groups is 3. The number of hydrogen-bond acceptors (Lipinski definition) is 6. The molecule has 3 amide bonds. The van der Waals surface area contributed by atoms with Gasteiger partial charge in [-0.2, -0.15) is 18.3 Å². The molecule has 2 heterocycles. The van der Waals surface area contributed by atoms with E-state index in [1.807, 2.05) is 10.9 Å². The second-order valence-electron chi connectivity index (χ2n) is 6.47. The smallest absolute Gasteiger partial charge is 0.435 e. The molecule has 0 fully saturated rings. The molecule has 0 aliphatic rings. The van der Waals surface area contributed by atoms with Gasteiger partial charge in [0.1, 0.15) is 5.69 Å². The number of rotatable bonds is 4. The zero-order valence-corrected chi connectivity index (χ0v) is 19.5. The van der Waals surface area contributed by atoms with Gasteiger partial charge in [0.15, 0.2) is 11.5 Å². The molecule has 3 aromatic rings. The van der Waals surface area contributed by atoms with Crippen LogP contribution < -0.4 is 16.2 Å². The molecule has 0 unspecified atom stereocenters. The molecule has 0 atom stereocenters. The molecule has 0 aliphatic carbocycles. The fourth-order valence-electron chi connectivity index (χ4n) is 2.66. The fourth-order valence-corrected chi connectivity index (χ4v) is 3.40. The topological polar surface area (TPSA) is 127 Å². The number of halogens is 6. The summed E-state index contributed by atoms with van der Waals surface area (Å²) in [5.74, 6) is -2.38. The highest BCUT2D eigenvalue weighted by Gasteiger charge is 2.37. The molecular formula is C19H12Cl3F3N6O4. The normalized spacial score (nSPS) is 11.1. The summed E-state index contributed by atoms with van der Waals surface area (Å²) in [7, 11) is 1.05. The van der Waals surface area contributed by atoms with Gasteiger partial charge in [0.05, 0.1) is 28.4 Å². The Bertz CT molecular complexity index is 1320. The predicted octanol–water partition coefficient (Wildman–Crippen LogP) is 4.50. The maximum atomic E-state index is 13.4. The zero-order chi connectivity index (χ0) is 25.9. The van der Waals surface area contributed by atoms with Gasteiger partial charge in [-0.1, -0.05) is 34.8 Å². The fraction of sp³-hybridized carbons (Fsp3) is 0.105. The molecule has 184 valence electrons. The van der Waals surface area contributed by atoms with Gasteiger partial charge in [0, 0.05) is 17.3 Å². The third-order valence-electron chi connectivity index (χ3n) is 4.17. The number of hydrazine groups is 1. The van der Waals surface area contributed by atoms with Gasteiger partial charge in [-0.05, 0) is 24.3 Å². The maximum absolute atomic E-state index is 13.4. The quantitative estimate of drug-likeness (QED) is 0.410. The highest BCUT2D eigenvalue weighted by molar-refractivity contribution is 6.38. The first-order valence-corrected chi connectivity index (χ1v) is 10.3. The van der Waals surface area contributed by atoms with E-state index in [0.717, 1.165) is 13.2 Å². The van der Waals surface area contributed by atoms with Crippen molar-refractivity contribution in [2.45, 2.75) is 6.18 Å². The van der Waals surface area contributed by atoms with Crippen molar-refractivity contribution >= 4 is 58.4 Å². The van der Waals surface area contributed by atoms with Crippen molar-refractivity contribution in [3.05, 3.63) is 68.5 Å². The lowest BCUT2D eigenvalue weighted by molar-refractivity contribution is -0.141. The largest absolute Gasteiger partial charge is 0.452 e. The molecule has 10 nitrogen and oxygen atoms in total. The Morgan fingerprint density at radius 2 is 1.74 bits per heavy atom. The lowest BCUT2D eigenvalue weighted by atomic mass is 10.1. The summed E-state index contributed by atoms with van der Waals surface area (Å²) in [5, 5.41) is 5.35. The van der Waals surface area contributed by atoms with Gasteiger partial charge in [0.2, 0.25) is 0 Å². The van der Waals surface area contributed by atoms with E-state index >= 15 is 0 Å². The third-order valence-corrected chi connectivity index (χ3v) is 4.99. The number of carbonyl (C=O) groups excluding carboxylic acids is 3. The molecule has 16 heteroatoms. The lowest BCUT2D eigenvalue weighted by Crippen LogP contribution is -2.41. The van der Waals surface area contributed by atoms with Gasteiger partial charge in [-0.3, -0.25) is 15.0 Å². The van der Waals surface area contributed by atoms with Crippen LogP contribution in [0.5, 0.6) is 0 Å². The van der Waals surface area contributed by atoms with E-state index in [1.165, 1.54) is 24.4 Å². The highest BCUT2D eigenvalue weighted by atomic mass is 35.5. The molecule has 0 radical (unpaired) electrons. The van der Waals surface area contributed by atoms with Gasteiger partial charge >= 0.3 is 12.3 Å². The molecule has 35 heavy (non-hydrogen) atoms. The molecule has 0 spiro atoms. The van der Waals surface area contributed by atoms with E-state index in [4.69, 9.17) is 34.8 Å². The Kier molecular flexibility index (Phi) is 7.73. The van der Waals surface area contributed by atoms with Crippen molar-refractivity contribution in [3.63, 3.8) is 0 Å². The second kappa shape index (κ2) is 10.4. The van der Waals surface area contributed by atoms with Crippen LogP contribution in [0.1, 0.15) is 26.5 Å². The number of nitrogens with zero attached hydrogens (tertiary/aromatic N) is 3. The number of anilines is 1. The molecule has 1 aromatic carbocycles. The van der Waals surface area contributed by atoms with E-state index in [0.29, 0.717) is 10.7 Å². The molecule has 0 saturated heterocycles. The number of amides is 3. The molecule has 0 bridgehead atoms.